The minimum atomic E-state index is 0.192. The third-order valence-corrected chi connectivity index (χ3v) is 3.57. The summed E-state index contributed by atoms with van der Waals surface area (Å²) in [5.41, 5.74) is 7.07. The maximum absolute atomic E-state index is 6.13. The summed E-state index contributed by atoms with van der Waals surface area (Å²) in [7, 11) is 0. The van der Waals surface area contributed by atoms with Crippen LogP contribution in [0.5, 0.6) is 5.88 Å². The molecule has 2 atom stereocenters. The summed E-state index contributed by atoms with van der Waals surface area (Å²) in [5, 5.41) is 0. The van der Waals surface area contributed by atoms with E-state index in [-0.39, 0.29) is 6.04 Å². The molecule has 1 aromatic heterocycles. The van der Waals surface area contributed by atoms with E-state index in [1.165, 1.54) is 0 Å². The van der Waals surface area contributed by atoms with E-state index in [2.05, 4.69) is 28.7 Å². The number of hydrogen-bond acceptors (Lipinski definition) is 5. The Morgan fingerprint density at radius 2 is 2.26 bits per heavy atom. The van der Waals surface area contributed by atoms with E-state index in [1.54, 1.807) is 0 Å². The van der Waals surface area contributed by atoms with Gasteiger partial charge in [0, 0.05) is 30.9 Å². The number of aryl methyl sites for hydroxylation is 1. The Balaban J connectivity index is 2.13. The average Bonchev–Trinajstić information content (AvgIpc) is 2.39. The van der Waals surface area contributed by atoms with Gasteiger partial charge in [0.25, 0.3) is 0 Å². The Morgan fingerprint density at radius 3 is 2.95 bits per heavy atom. The Morgan fingerprint density at radius 1 is 1.47 bits per heavy atom. The molecule has 2 N–H and O–H groups in total. The van der Waals surface area contributed by atoms with E-state index in [0.717, 1.165) is 37.6 Å². The second-order valence-electron chi connectivity index (χ2n) is 5.37. The van der Waals surface area contributed by atoms with Crippen molar-refractivity contribution in [2.45, 2.75) is 39.7 Å². The van der Waals surface area contributed by atoms with Gasteiger partial charge in [0.1, 0.15) is 0 Å². The summed E-state index contributed by atoms with van der Waals surface area (Å²) >= 11 is 0. The quantitative estimate of drug-likeness (QED) is 0.897. The number of aromatic nitrogens is 2. The van der Waals surface area contributed by atoms with Crippen LogP contribution in [-0.4, -0.2) is 35.7 Å². The molecule has 5 nitrogen and oxygen atoms in total. The van der Waals surface area contributed by atoms with Crippen molar-refractivity contribution in [2.75, 3.05) is 24.6 Å². The summed E-state index contributed by atoms with van der Waals surface area (Å²) < 4.78 is 5.61. The lowest BCUT2D eigenvalue weighted by Crippen LogP contribution is -2.48. The zero-order valence-corrected chi connectivity index (χ0v) is 12.1. The maximum Gasteiger partial charge on any atom is 0.228 e. The number of nitrogens with zero attached hydrogens (tertiary/aromatic N) is 3. The zero-order chi connectivity index (χ0) is 13.8. The van der Waals surface area contributed by atoms with Crippen LogP contribution in [0, 0.1) is 12.8 Å². The molecule has 1 aliphatic heterocycles. The predicted octanol–water partition coefficient (Wildman–Crippen LogP) is 1.75. The SMILES string of the molecule is CCCOc1cc(C)nc(N2CCC(C)C(N)C2)n1. The van der Waals surface area contributed by atoms with Crippen molar-refractivity contribution in [1.82, 2.24) is 9.97 Å². The monoisotopic (exact) mass is 264 g/mol. The van der Waals surface area contributed by atoms with Crippen LogP contribution in [0.1, 0.15) is 32.4 Å². The highest BCUT2D eigenvalue weighted by molar-refractivity contribution is 5.35. The lowest BCUT2D eigenvalue weighted by atomic mass is 9.94. The van der Waals surface area contributed by atoms with Crippen LogP contribution < -0.4 is 15.4 Å². The molecule has 0 bridgehead atoms. The molecule has 0 saturated carbocycles. The van der Waals surface area contributed by atoms with Crippen LogP contribution >= 0.6 is 0 Å². The lowest BCUT2D eigenvalue weighted by Gasteiger charge is -2.35. The summed E-state index contributed by atoms with van der Waals surface area (Å²) in [6.45, 7) is 8.72. The molecule has 0 aliphatic carbocycles. The van der Waals surface area contributed by atoms with Gasteiger partial charge in [-0.05, 0) is 25.7 Å². The van der Waals surface area contributed by atoms with Crippen LogP contribution in [0.2, 0.25) is 0 Å². The first-order valence-corrected chi connectivity index (χ1v) is 7.09. The van der Waals surface area contributed by atoms with E-state index >= 15 is 0 Å². The fourth-order valence-corrected chi connectivity index (χ4v) is 2.23. The minimum absolute atomic E-state index is 0.192. The lowest BCUT2D eigenvalue weighted by molar-refractivity contribution is 0.303. The normalized spacial score (nSPS) is 23.5. The first-order chi connectivity index (χ1) is 9.10. The molecule has 0 aromatic carbocycles. The maximum atomic E-state index is 6.13. The molecule has 106 valence electrons. The van der Waals surface area contributed by atoms with Crippen LogP contribution in [0.25, 0.3) is 0 Å². The van der Waals surface area contributed by atoms with Crippen LogP contribution in [-0.2, 0) is 0 Å². The molecule has 0 radical (unpaired) electrons. The standard InChI is InChI=1S/C14H24N4O/c1-4-7-19-13-8-11(3)16-14(17-13)18-6-5-10(2)12(15)9-18/h8,10,12H,4-7,9,15H2,1-3H3. The fourth-order valence-electron chi connectivity index (χ4n) is 2.23. The number of ether oxygens (including phenoxy) is 1. The van der Waals surface area contributed by atoms with Gasteiger partial charge in [-0.1, -0.05) is 13.8 Å². The van der Waals surface area contributed by atoms with Crippen molar-refractivity contribution >= 4 is 5.95 Å². The van der Waals surface area contributed by atoms with Gasteiger partial charge >= 0.3 is 0 Å². The largest absolute Gasteiger partial charge is 0.478 e. The molecule has 0 spiro atoms. The number of anilines is 1. The average molecular weight is 264 g/mol. The minimum Gasteiger partial charge on any atom is -0.478 e. The third-order valence-electron chi connectivity index (χ3n) is 3.57. The highest BCUT2D eigenvalue weighted by Gasteiger charge is 2.25. The van der Waals surface area contributed by atoms with Gasteiger partial charge in [-0.15, -0.1) is 0 Å². The van der Waals surface area contributed by atoms with Gasteiger partial charge in [0.05, 0.1) is 6.61 Å². The molecule has 2 heterocycles. The molecule has 19 heavy (non-hydrogen) atoms. The first kappa shape index (κ1) is 14.1. The van der Waals surface area contributed by atoms with Crippen molar-refractivity contribution in [3.63, 3.8) is 0 Å². The zero-order valence-electron chi connectivity index (χ0n) is 12.1. The van der Waals surface area contributed by atoms with Crippen LogP contribution in [0.3, 0.4) is 0 Å². The number of piperidine rings is 1. The van der Waals surface area contributed by atoms with Gasteiger partial charge in [0.2, 0.25) is 11.8 Å². The summed E-state index contributed by atoms with van der Waals surface area (Å²) in [6.07, 6.45) is 2.06. The first-order valence-electron chi connectivity index (χ1n) is 7.09. The second-order valence-corrected chi connectivity index (χ2v) is 5.37. The number of rotatable bonds is 4. The molecular formula is C14H24N4O. The topological polar surface area (TPSA) is 64.3 Å². The number of nitrogens with two attached hydrogens (primary N) is 1. The summed E-state index contributed by atoms with van der Waals surface area (Å²) in [5.74, 6) is 1.97. The highest BCUT2D eigenvalue weighted by atomic mass is 16.5. The highest BCUT2D eigenvalue weighted by Crippen LogP contribution is 2.22. The summed E-state index contributed by atoms with van der Waals surface area (Å²) in [4.78, 5) is 11.2. The molecule has 5 heteroatoms. The molecular weight excluding hydrogens is 240 g/mol. The molecule has 1 aromatic rings. The van der Waals surface area contributed by atoms with Crippen molar-refractivity contribution < 1.29 is 4.74 Å². The van der Waals surface area contributed by atoms with Crippen molar-refractivity contribution in [3.05, 3.63) is 11.8 Å². The molecule has 0 amide bonds. The van der Waals surface area contributed by atoms with Gasteiger partial charge < -0.3 is 15.4 Å². The van der Waals surface area contributed by atoms with E-state index in [4.69, 9.17) is 10.5 Å². The smallest absolute Gasteiger partial charge is 0.228 e. The molecule has 2 rings (SSSR count). The Hall–Kier alpha value is -1.36. The molecule has 1 fully saturated rings. The van der Waals surface area contributed by atoms with E-state index < -0.39 is 0 Å². The Bertz CT molecular complexity index is 424. The van der Waals surface area contributed by atoms with Crippen molar-refractivity contribution in [3.8, 4) is 5.88 Å². The predicted molar refractivity (Wildman–Crippen MR) is 76.5 cm³/mol. The number of hydrogen-bond donors (Lipinski definition) is 1. The van der Waals surface area contributed by atoms with Crippen molar-refractivity contribution in [2.24, 2.45) is 11.7 Å². The van der Waals surface area contributed by atoms with Crippen molar-refractivity contribution in [1.29, 1.82) is 0 Å². The molecule has 2 unspecified atom stereocenters. The van der Waals surface area contributed by atoms with Gasteiger partial charge in [-0.25, -0.2) is 4.98 Å². The van der Waals surface area contributed by atoms with Crippen LogP contribution in [0.4, 0.5) is 5.95 Å². The van der Waals surface area contributed by atoms with Gasteiger partial charge in [0.15, 0.2) is 0 Å². The Labute approximate surface area is 115 Å². The summed E-state index contributed by atoms with van der Waals surface area (Å²) in [6, 6.07) is 2.07. The molecule has 1 saturated heterocycles. The van der Waals surface area contributed by atoms with Crippen LogP contribution in [0.15, 0.2) is 6.07 Å². The Kier molecular flexibility index (Phi) is 4.58. The third kappa shape index (κ3) is 3.56. The van der Waals surface area contributed by atoms with Gasteiger partial charge in [-0.2, -0.15) is 4.98 Å². The fraction of sp³-hybridized carbons (Fsp3) is 0.714. The molecule has 1 aliphatic rings. The second kappa shape index (κ2) is 6.19. The van der Waals surface area contributed by atoms with E-state index in [0.29, 0.717) is 18.4 Å². The van der Waals surface area contributed by atoms with E-state index in [1.807, 2.05) is 13.0 Å². The van der Waals surface area contributed by atoms with Gasteiger partial charge in [-0.3, -0.25) is 0 Å². The van der Waals surface area contributed by atoms with E-state index in [9.17, 15) is 0 Å².